The van der Waals surface area contributed by atoms with E-state index in [1.165, 1.54) is 10.5 Å². The zero-order valence-electron chi connectivity index (χ0n) is 29.4. The van der Waals surface area contributed by atoms with E-state index in [4.69, 9.17) is 20.2 Å². The molecule has 3 heterocycles. The molecule has 1 atom stereocenters. The number of phenols is 1. The quantitative estimate of drug-likeness (QED) is 0.171. The van der Waals surface area contributed by atoms with Gasteiger partial charge in [-0.2, -0.15) is 4.98 Å². The second kappa shape index (κ2) is 18.8. The van der Waals surface area contributed by atoms with Crippen molar-refractivity contribution in [3.63, 3.8) is 0 Å². The van der Waals surface area contributed by atoms with Gasteiger partial charge in [-0.1, -0.05) is 102 Å². The number of aryl methyl sites for hydroxylation is 1. The molecule has 0 spiro atoms. The van der Waals surface area contributed by atoms with E-state index >= 15 is 0 Å². The number of hydrogen-bond acceptors (Lipinski definition) is 11. The number of aromatic hydroxyl groups is 1. The van der Waals surface area contributed by atoms with Crippen LogP contribution in [0.25, 0.3) is 22.3 Å². The fraction of sp³-hybridized carbons (Fsp3) is 0.200. The number of hydrazine groups is 1. The molecule has 13 nitrogen and oxygen atoms in total. The summed E-state index contributed by atoms with van der Waals surface area (Å²) in [5, 5.41) is 15.6. The van der Waals surface area contributed by atoms with E-state index in [2.05, 4.69) is 20.6 Å². The summed E-state index contributed by atoms with van der Waals surface area (Å²) >= 11 is 0. The molecule has 1 aliphatic heterocycles. The molecule has 1 saturated heterocycles. The number of nitrogens with two attached hydrogens (primary N) is 1. The lowest BCUT2D eigenvalue weighted by molar-refractivity contribution is -0.150. The van der Waals surface area contributed by atoms with Crippen LogP contribution < -0.4 is 11.2 Å². The Kier molecular flexibility index (Phi) is 13.5. The molecule has 53 heavy (non-hydrogen) atoms. The van der Waals surface area contributed by atoms with Gasteiger partial charge in [-0.3, -0.25) is 14.6 Å². The molecule has 272 valence electrons. The Morgan fingerprint density at radius 2 is 1.68 bits per heavy atom. The monoisotopic (exact) mass is 714 g/mol. The normalized spacial score (nSPS) is 13.9. The predicted molar refractivity (Wildman–Crippen MR) is 200 cm³/mol. The van der Waals surface area contributed by atoms with Crippen LogP contribution in [0.4, 0.5) is 0 Å². The topological polar surface area (TPSA) is 171 Å². The largest absolute Gasteiger partial charge is 0.508 e. The van der Waals surface area contributed by atoms with Crippen LogP contribution in [0.15, 0.2) is 126 Å². The number of rotatable bonds is 10. The molecule has 1 unspecified atom stereocenters. The van der Waals surface area contributed by atoms with Crippen LogP contribution in [0.1, 0.15) is 22.6 Å². The number of hydrogen-bond donors (Lipinski definition) is 3. The van der Waals surface area contributed by atoms with Gasteiger partial charge in [0.2, 0.25) is 23.5 Å². The van der Waals surface area contributed by atoms with E-state index in [0.29, 0.717) is 30.6 Å². The standard InChI is InChI=1S/C32H32N8O3.C7H8O.CH2O/c33-28-19-38(18-25-13-7-15-27-26(25)14-8-16-34-27)30(41)22-40(28)31(42)21-39(35-17-23-9-3-1-4-10-23)20-29-36-32(37-43-29)24-11-5-2-6-12-24;1-6-2-4-7(8)5-3-6;1-2/h1-16,28,35H,17-22,33H2;2-5,8H,1H3;1H2. The molecule has 0 radical (unpaired) electrons. The van der Waals surface area contributed by atoms with Gasteiger partial charge in [0, 0.05) is 30.2 Å². The summed E-state index contributed by atoms with van der Waals surface area (Å²) in [6, 6.07) is 36.2. The lowest BCUT2D eigenvalue weighted by Gasteiger charge is -2.40. The Balaban J connectivity index is 0.000000475. The Labute approximate surface area is 307 Å². The zero-order chi connectivity index (χ0) is 37.6. The summed E-state index contributed by atoms with van der Waals surface area (Å²) in [5.74, 6) is 0.704. The lowest BCUT2D eigenvalue weighted by atomic mass is 10.1. The molecule has 1 aliphatic rings. The summed E-state index contributed by atoms with van der Waals surface area (Å²) in [4.78, 5) is 46.8. The second-order valence-corrected chi connectivity index (χ2v) is 12.2. The minimum absolute atomic E-state index is 0.0497. The first kappa shape index (κ1) is 38.0. The number of phenolic OH excluding ortho intramolecular Hbond substituents is 1. The summed E-state index contributed by atoms with van der Waals surface area (Å²) in [6.45, 7) is 5.11. The molecule has 0 aliphatic carbocycles. The number of carbonyl (C=O) groups is 3. The van der Waals surface area contributed by atoms with Crippen LogP contribution in [-0.4, -0.2) is 79.4 Å². The first-order chi connectivity index (χ1) is 25.8. The Morgan fingerprint density at radius 1 is 0.962 bits per heavy atom. The summed E-state index contributed by atoms with van der Waals surface area (Å²) < 4.78 is 5.51. The van der Waals surface area contributed by atoms with Gasteiger partial charge in [0.1, 0.15) is 19.1 Å². The minimum atomic E-state index is -0.651. The number of fused-ring (bicyclic) bond motifs is 1. The van der Waals surface area contributed by atoms with Crippen molar-refractivity contribution >= 4 is 29.5 Å². The Bertz CT molecular complexity index is 2030. The van der Waals surface area contributed by atoms with Crippen LogP contribution >= 0.6 is 0 Å². The summed E-state index contributed by atoms with van der Waals surface area (Å²) in [5.41, 5.74) is 14.7. The van der Waals surface area contributed by atoms with Crippen molar-refractivity contribution in [2.45, 2.75) is 32.7 Å². The molecule has 2 amide bonds. The van der Waals surface area contributed by atoms with Crippen LogP contribution in [0.2, 0.25) is 0 Å². The van der Waals surface area contributed by atoms with Crippen LogP contribution in [0.5, 0.6) is 5.75 Å². The molecule has 6 aromatic rings. The van der Waals surface area contributed by atoms with Gasteiger partial charge in [-0.15, -0.1) is 0 Å². The van der Waals surface area contributed by atoms with E-state index in [9.17, 15) is 9.59 Å². The number of nitrogens with one attached hydrogen (secondary N) is 1. The van der Waals surface area contributed by atoms with Gasteiger partial charge in [0.15, 0.2) is 0 Å². The van der Waals surface area contributed by atoms with Crippen molar-refractivity contribution < 1.29 is 24.0 Å². The van der Waals surface area contributed by atoms with E-state index in [-0.39, 0.29) is 38.0 Å². The van der Waals surface area contributed by atoms with Crippen molar-refractivity contribution in [2.24, 2.45) is 5.73 Å². The number of amides is 2. The molecule has 0 saturated carbocycles. The number of aromatic nitrogens is 3. The SMILES string of the molecule is C=O.Cc1ccc(O)cc1.NC1CN(Cc2cccc3ncccc23)C(=O)CN1C(=O)CN(Cc1nc(-c2ccccc2)no1)NCc1ccccc1. The second-order valence-electron chi connectivity index (χ2n) is 12.2. The third-order valence-corrected chi connectivity index (χ3v) is 8.42. The number of benzene rings is 4. The molecule has 4 N–H and O–H groups in total. The van der Waals surface area contributed by atoms with E-state index in [1.54, 1.807) is 28.2 Å². The third-order valence-electron chi connectivity index (χ3n) is 8.42. The third kappa shape index (κ3) is 10.6. The molecule has 0 bridgehead atoms. The number of piperazine rings is 1. The number of pyridine rings is 1. The molecular weight excluding hydrogens is 672 g/mol. The lowest BCUT2D eigenvalue weighted by Crippen LogP contribution is -2.62. The summed E-state index contributed by atoms with van der Waals surface area (Å²) in [7, 11) is 0. The first-order valence-corrected chi connectivity index (χ1v) is 16.9. The van der Waals surface area contributed by atoms with Crippen molar-refractivity contribution in [1.29, 1.82) is 0 Å². The van der Waals surface area contributed by atoms with Gasteiger partial charge in [0.05, 0.1) is 31.3 Å². The highest BCUT2D eigenvalue weighted by atomic mass is 16.5. The first-order valence-electron chi connectivity index (χ1n) is 16.9. The fourth-order valence-corrected chi connectivity index (χ4v) is 5.68. The maximum Gasteiger partial charge on any atom is 0.242 e. The average molecular weight is 715 g/mol. The molecule has 4 aromatic carbocycles. The average Bonchev–Trinajstić information content (AvgIpc) is 3.67. The van der Waals surface area contributed by atoms with Gasteiger partial charge >= 0.3 is 0 Å². The van der Waals surface area contributed by atoms with Gasteiger partial charge in [0.25, 0.3) is 0 Å². The van der Waals surface area contributed by atoms with E-state index < -0.39 is 6.17 Å². The molecular formula is C40H42N8O5. The number of carbonyl (C=O) groups excluding carboxylic acids is 3. The van der Waals surface area contributed by atoms with Crippen molar-refractivity contribution in [3.05, 3.63) is 144 Å². The maximum atomic E-state index is 13.6. The van der Waals surface area contributed by atoms with E-state index in [1.807, 2.05) is 117 Å². The smallest absolute Gasteiger partial charge is 0.242 e. The van der Waals surface area contributed by atoms with Gasteiger partial charge in [-0.05, 0) is 42.3 Å². The Hall–Kier alpha value is -6.28. The Morgan fingerprint density at radius 3 is 2.40 bits per heavy atom. The minimum Gasteiger partial charge on any atom is -0.508 e. The highest BCUT2D eigenvalue weighted by Crippen LogP contribution is 2.21. The number of nitrogens with zero attached hydrogens (tertiary/aromatic N) is 6. The molecule has 7 rings (SSSR count). The van der Waals surface area contributed by atoms with Crippen molar-refractivity contribution in [3.8, 4) is 17.1 Å². The fourth-order valence-electron chi connectivity index (χ4n) is 5.68. The van der Waals surface area contributed by atoms with Crippen LogP contribution in [0.3, 0.4) is 0 Å². The van der Waals surface area contributed by atoms with Crippen molar-refractivity contribution in [1.82, 2.24) is 35.4 Å². The maximum absolute atomic E-state index is 13.6. The highest BCUT2D eigenvalue weighted by Gasteiger charge is 2.34. The summed E-state index contributed by atoms with van der Waals surface area (Å²) in [6.07, 6.45) is 1.10. The van der Waals surface area contributed by atoms with Crippen LogP contribution in [-0.2, 0) is 34.0 Å². The zero-order valence-corrected chi connectivity index (χ0v) is 29.4. The van der Waals surface area contributed by atoms with E-state index in [0.717, 1.165) is 27.6 Å². The molecule has 2 aromatic heterocycles. The molecule has 1 fully saturated rings. The molecule has 13 heteroatoms. The van der Waals surface area contributed by atoms with Gasteiger partial charge < -0.3 is 30.0 Å². The highest BCUT2D eigenvalue weighted by molar-refractivity contribution is 5.88. The van der Waals surface area contributed by atoms with Crippen molar-refractivity contribution in [2.75, 3.05) is 19.6 Å². The predicted octanol–water partition coefficient (Wildman–Crippen LogP) is 4.46. The van der Waals surface area contributed by atoms with Gasteiger partial charge in [-0.25, -0.2) is 10.4 Å². The van der Waals surface area contributed by atoms with Crippen LogP contribution in [0, 0.1) is 6.92 Å².